The summed E-state index contributed by atoms with van der Waals surface area (Å²) in [4.78, 5) is 27.0. The molecule has 4 rings (SSSR count). The van der Waals surface area contributed by atoms with Gasteiger partial charge in [-0.25, -0.2) is 0 Å². The Hall–Kier alpha value is -3.71. The Labute approximate surface area is 222 Å². The molecule has 37 heavy (non-hydrogen) atoms. The predicted octanol–water partition coefficient (Wildman–Crippen LogP) is 6.69. The summed E-state index contributed by atoms with van der Waals surface area (Å²) in [7, 11) is 0. The van der Waals surface area contributed by atoms with Gasteiger partial charge in [-0.1, -0.05) is 56.3 Å². The highest BCUT2D eigenvalue weighted by Gasteiger charge is 2.34. The van der Waals surface area contributed by atoms with Crippen molar-refractivity contribution in [2.24, 2.45) is 0 Å². The molecule has 1 aliphatic rings. The highest BCUT2D eigenvalue weighted by molar-refractivity contribution is 8.18. The summed E-state index contributed by atoms with van der Waals surface area (Å²) in [5.41, 5.74) is 3.03. The molecule has 0 unspecified atom stereocenters. The predicted molar refractivity (Wildman–Crippen MR) is 147 cm³/mol. The van der Waals surface area contributed by atoms with Gasteiger partial charge in [0.15, 0.2) is 0 Å². The minimum Gasteiger partial charge on any atom is -0.491 e. The summed E-state index contributed by atoms with van der Waals surface area (Å²) in [5, 5.41) is -0.286. The van der Waals surface area contributed by atoms with Crippen molar-refractivity contribution in [2.75, 3.05) is 26.4 Å². The largest absolute Gasteiger partial charge is 0.491 e. The molecule has 192 valence electrons. The lowest BCUT2D eigenvalue weighted by atomic mass is 10.0. The average molecular weight is 518 g/mol. The van der Waals surface area contributed by atoms with Crippen molar-refractivity contribution >= 4 is 29.0 Å². The number of thioether (sulfide) groups is 1. The van der Waals surface area contributed by atoms with Gasteiger partial charge in [0.1, 0.15) is 37.1 Å². The summed E-state index contributed by atoms with van der Waals surface area (Å²) >= 11 is 0.948. The van der Waals surface area contributed by atoms with Crippen LogP contribution in [0.5, 0.6) is 17.2 Å². The number of amides is 2. The van der Waals surface area contributed by atoms with Crippen LogP contribution in [0.15, 0.2) is 77.7 Å². The number of aryl methyl sites for hydroxylation is 1. The lowest BCUT2D eigenvalue weighted by molar-refractivity contribution is -0.123. The van der Waals surface area contributed by atoms with Crippen molar-refractivity contribution in [1.82, 2.24) is 4.90 Å². The number of ether oxygens (including phenoxy) is 3. The second kappa shape index (κ2) is 12.5. The minimum absolute atomic E-state index is 0.200. The van der Waals surface area contributed by atoms with Gasteiger partial charge in [0.05, 0.1) is 11.4 Å². The van der Waals surface area contributed by atoms with E-state index in [-0.39, 0.29) is 24.3 Å². The Morgan fingerprint density at radius 2 is 1.51 bits per heavy atom. The zero-order chi connectivity index (χ0) is 26.2. The SMILES string of the molecule is Cc1ccc(C(C)C)c(OCCN2C(=O)S/C(=C\c3ccc(OCCOc4ccccc4)cc3)C2=O)c1. The van der Waals surface area contributed by atoms with Crippen LogP contribution in [0, 0.1) is 6.92 Å². The van der Waals surface area contributed by atoms with Crippen molar-refractivity contribution in [3.8, 4) is 17.2 Å². The van der Waals surface area contributed by atoms with Gasteiger partial charge in [-0.2, -0.15) is 0 Å². The molecule has 6 nitrogen and oxygen atoms in total. The number of benzene rings is 3. The fourth-order valence-electron chi connectivity index (χ4n) is 3.83. The second-order valence-corrected chi connectivity index (χ2v) is 9.95. The van der Waals surface area contributed by atoms with Gasteiger partial charge in [-0.3, -0.25) is 14.5 Å². The van der Waals surface area contributed by atoms with Crippen molar-refractivity contribution in [2.45, 2.75) is 26.7 Å². The van der Waals surface area contributed by atoms with Crippen molar-refractivity contribution < 1.29 is 23.8 Å². The van der Waals surface area contributed by atoms with E-state index in [0.717, 1.165) is 40.0 Å². The molecule has 0 saturated carbocycles. The van der Waals surface area contributed by atoms with E-state index in [2.05, 4.69) is 26.0 Å². The monoisotopic (exact) mass is 517 g/mol. The van der Waals surface area contributed by atoms with E-state index in [9.17, 15) is 9.59 Å². The molecule has 0 aromatic heterocycles. The first-order valence-corrected chi connectivity index (χ1v) is 13.1. The van der Waals surface area contributed by atoms with Gasteiger partial charge in [-0.15, -0.1) is 0 Å². The number of nitrogens with zero attached hydrogens (tertiary/aromatic N) is 1. The number of carbonyl (C=O) groups excluding carboxylic acids is 2. The topological polar surface area (TPSA) is 65.1 Å². The summed E-state index contributed by atoms with van der Waals surface area (Å²) in [6, 6.07) is 23.1. The van der Waals surface area contributed by atoms with Gasteiger partial charge in [-0.05, 0) is 77.7 Å². The molecule has 0 bridgehead atoms. The van der Waals surface area contributed by atoms with Gasteiger partial charge in [0.25, 0.3) is 11.1 Å². The zero-order valence-corrected chi connectivity index (χ0v) is 22.1. The molecule has 0 aliphatic carbocycles. The maximum atomic E-state index is 12.9. The molecular weight excluding hydrogens is 486 g/mol. The zero-order valence-electron chi connectivity index (χ0n) is 21.3. The Bertz CT molecular complexity index is 1250. The molecular formula is C30H31NO5S. The maximum absolute atomic E-state index is 12.9. The fourth-order valence-corrected chi connectivity index (χ4v) is 4.70. The van der Waals surface area contributed by atoms with E-state index >= 15 is 0 Å². The third kappa shape index (κ3) is 7.17. The van der Waals surface area contributed by atoms with Crippen LogP contribution in [0.2, 0.25) is 0 Å². The molecule has 1 fully saturated rings. The summed E-state index contributed by atoms with van der Waals surface area (Å²) < 4.78 is 17.3. The summed E-state index contributed by atoms with van der Waals surface area (Å²) in [5.74, 6) is 2.32. The molecule has 3 aromatic carbocycles. The Kier molecular flexibility index (Phi) is 8.90. The maximum Gasteiger partial charge on any atom is 0.293 e. The van der Waals surface area contributed by atoms with Gasteiger partial charge < -0.3 is 14.2 Å². The lowest BCUT2D eigenvalue weighted by Crippen LogP contribution is -2.32. The molecule has 0 N–H and O–H groups in total. The van der Waals surface area contributed by atoms with Gasteiger partial charge in [0, 0.05) is 0 Å². The Balaban J connectivity index is 1.28. The summed E-state index contributed by atoms with van der Waals surface area (Å²) in [6.45, 7) is 7.52. The number of carbonyl (C=O) groups is 2. The van der Waals surface area contributed by atoms with E-state index in [1.54, 1.807) is 6.08 Å². The van der Waals surface area contributed by atoms with Crippen LogP contribution in [0.25, 0.3) is 6.08 Å². The van der Waals surface area contributed by atoms with E-state index in [1.807, 2.05) is 67.6 Å². The molecule has 3 aromatic rings. The molecule has 1 aliphatic heterocycles. The standard InChI is InChI=1S/C30H31NO5S/c1-21(2)26-14-9-22(3)19-27(26)36-16-15-31-29(32)28(37-30(31)33)20-23-10-12-25(13-11-23)35-18-17-34-24-7-5-4-6-8-24/h4-14,19-21H,15-18H2,1-3H3/b28-20-. The minimum atomic E-state index is -0.301. The number of para-hydroxylation sites is 1. The third-order valence-corrected chi connectivity index (χ3v) is 6.69. The van der Waals surface area contributed by atoms with Crippen molar-refractivity contribution in [1.29, 1.82) is 0 Å². The van der Waals surface area contributed by atoms with E-state index in [0.29, 0.717) is 29.8 Å². The quantitative estimate of drug-likeness (QED) is 0.209. The highest BCUT2D eigenvalue weighted by Crippen LogP contribution is 2.33. The molecule has 2 amide bonds. The lowest BCUT2D eigenvalue weighted by Gasteiger charge is -2.17. The molecule has 0 radical (unpaired) electrons. The van der Waals surface area contributed by atoms with Crippen LogP contribution >= 0.6 is 11.8 Å². The number of rotatable bonds is 11. The third-order valence-electron chi connectivity index (χ3n) is 5.78. The van der Waals surface area contributed by atoms with Crippen molar-refractivity contribution in [3.05, 3.63) is 94.4 Å². The Morgan fingerprint density at radius 3 is 2.19 bits per heavy atom. The first kappa shape index (κ1) is 26.4. The van der Waals surface area contributed by atoms with Crippen LogP contribution in [-0.4, -0.2) is 42.4 Å². The average Bonchev–Trinajstić information content (AvgIpc) is 3.15. The van der Waals surface area contributed by atoms with Gasteiger partial charge in [0.2, 0.25) is 0 Å². The van der Waals surface area contributed by atoms with Crippen LogP contribution in [-0.2, 0) is 4.79 Å². The van der Waals surface area contributed by atoms with Crippen LogP contribution in [0.1, 0.15) is 36.5 Å². The number of hydrogen-bond acceptors (Lipinski definition) is 6. The molecule has 0 atom stereocenters. The molecule has 7 heteroatoms. The fraction of sp³-hybridized carbons (Fsp3) is 0.267. The first-order chi connectivity index (χ1) is 17.9. The highest BCUT2D eigenvalue weighted by atomic mass is 32.2. The first-order valence-electron chi connectivity index (χ1n) is 12.3. The van der Waals surface area contributed by atoms with E-state index in [1.165, 1.54) is 4.90 Å². The van der Waals surface area contributed by atoms with Crippen LogP contribution < -0.4 is 14.2 Å². The van der Waals surface area contributed by atoms with Crippen LogP contribution in [0.4, 0.5) is 4.79 Å². The number of hydrogen-bond donors (Lipinski definition) is 0. The Morgan fingerprint density at radius 1 is 0.838 bits per heavy atom. The molecule has 0 spiro atoms. The normalized spacial score (nSPS) is 14.5. The second-order valence-electron chi connectivity index (χ2n) is 8.96. The van der Waals surface area contributed by atoms with Crippen LogP contribution in [0.3, 0.4) is 0 Å². The molecule has 1 heterocycles. The summed E-state index contributed by atoms with van der Waals surface area (Å²) in [6.07, 6.45) is 1.73. The smallest absolute Gasteiger partial charge is 0.293 e. The van der Waals surface area contributed by atoms with Gasteiger partial charge >= 0.3 is 0 Å². The van der Waals surface area contributed by atoms with E-state index < -0.39 is 0 Å². The van der Waals surface area contributed by atoms with E-state index in [4.69, 9.17) is 14.2 Å². The van der Waals surface area contributed by atoms with Crippen molar-refractivity contribution in [3.63, 3.8) is 0 Å². The number of imide groups is 1. The molecule has 1 saturated heterocycles.